The van der Waals surface area contributed by atoms with Gasteiger partial charge in [-0.05, 0) is 74.4 Å². The van der Waals surface area contributed by atoms with Gasteiger partial charge in [-0.2, -0.15) is 0 Å². The van der Waals surface area contributed by atoms with E-state index in [4.69, 9.17) is 9.72 Å². The summed E-state index contributed by atoms with van der Waals surface area (Å²) in [6.07, 6.45) is 6.38. The molecule has 1 aliphatic rings. The number of hydrogen-bond donors (Lipinski definition) is 1. The summed E-state index contributed by atoms with van der Waals surface area (Å²) in [6.45, 7) is 10.3. The Morgan fingerprint density at radius 3 is 2.62 bits per heavy atom. The number of pyridine rings is 1. The molecule has 3 aromatic rings. The molecule has 1 aliphatic carbocycles. The molecule has 0 saturated carbocycles. The normalized spacial score (nSPS) is 17.8. The molecule has 32 heavy (non-hydrogen) atoms. The first-order chi connectivity index (χ1) is 15.2. The van der Waals surface area contributed by atoms with Crippen LogP contribution in [0, 0.1) is 19.3 Å². The van der Waals surface area contributed by atoms with Crippen LogP contribution in [0.3, 0.4) is 0 Å². The summed E-state index contributed by atoms with van der Waals surface area (Å²) in [4.78, 5) is 26.5. The second-order valence-electron chi connectivity index (χ2n) is 9.44. The third-order valence-electron chi connectivity index (χ3n) is 6.09. The van der Waals surface area contributed by atoms with Crippen LogP contribution in [0.5, 0.6) is 5.75 Å². The fourth-order valence-corrected chi connectivity index (χ4v) is 4.15. The van der Waals surface area contributed by atoms with Crippen LogP contribution in [0.25, 0.3) is 11.4 Å². The van der Waals surface area contributed by atoms with E-state index in [1.807, 2.05) is 43.5 Å². The van der Waals surface area contributed by atoms with Gasteiger partial charge in [0, 0.05) is 29.7 Å². The molecule has 6 heteroatoms. The van der Waals surface area contributed by atoms with E-state index < -0.39 is 6.10 Å². The van der Waals surface area contributed by atoms with Gasteiger partial charge in [0.05, 0.1) is 11.7 Å². The number of nitrogens with zero attached hydrogens (tertiary/aromatic N) is 3. The van der Waals surface area contributed by atoms with E-state index in [2.05, 4.69) is 36.1 Å². The fraction of sp³-hybridized carbons (Fsp3) is 0.385. The Morgan fingerprint density at radius 2 is 1.91 bits per heavy atom. The molecule has 1 N–H and O–H groups in total. The number of carbonyl (C=O) groups excluding carboxylic acids is 1. The first-order valence-corrected chi connectivity index (χ1v) is 11.0. The Hall–Kier alpha value is -3.28. The molecule has 1 aromatic carbocycles. The summed E-state index contributed by atoms with van der Waals surface area (Å²) < 4.78 is 5.92. The predicted molar refractivity (Wildman–Crippen MR) is 124 cm³/mol. The Kier molecular flexibility index (Phi) is 5.96. The average molecular weight is 431 g/mol. The van der Waals surface area contributed by atoms with Gasteiger partial charge in [-0.1, -0.05) is 19.9 Å². The monoisotopic (exact) mass is 430 g/mol. The Labute approximate surface area is 189 Å². The minimum Gasteiger partial charge on any atom is -0.481 e. The van der Waals surface area contributed by atoms with Crippen LogP contribution in [-0.2, 0) is 11.2 Å². The van der Waals surface area contributed by atoms with Crippen LogP contribution < -0.4 is 10.1 Å². The molecule has 0 aliphatic heterocycles. The predicted octanol–water partition coefficient (Wildman–Crippen LogP) is 4.75. The lowest BCUT2D eigenvalue weighted by Gasteiger charge is -2.37. The van der Waals surface area contributed by atoms with Crippen LogP contribution in [0.4, 0.5) is 0 Å². The van der Waals surface area contributed by atoms with Crippen molar-refractivity contribution in [3.8, 4) is 17.1 Å². The average Bonchev–Trinajstić information content (AvgIpc) is 2.75. The van der Waals surface area contributed by atoms with E-state index in [-0.39, 0.29) is 17.4 Å². The molecule has 0 unspecified atom stereocenters. The van der Waals surface area contributed by atoms with E-state index in [9.17, 15) is 4.79 Å². The number of fused-ring (bicyclic) bond motifs is 1. The highest BCUT2D eigenvalue weighted by Gasteiger charge is 2.35. The van der Waals surface area contributed by atoms with Crippen LogP contribution in [0.15, 0.2) is 48.9 Å². The zero-order chi connectivity index (χ0) is 22.9. The molecule has 1 amide bonds. The minimum absolute atomic E-state index is 0.00692. The molecule has 2 heterocycles. The first-order valence-electron chi connectivity index (χ1n) is 11.0. The lowest BCUT2D eigenvalue weighted by atomic mass is 9.74. The second kappa shape index (κ2) is 8.69. The van der Waals surface area contributed by atoms with E-state index in [0.717, 1.165) is 35.2 Å². The van der Waals surface area contributed by atoms with Gasteiger partial charge < -0.3 is 10.1 Å². The molecule has 6 nitrogen and oxygen atoms in total. The molecule has 4 rings (SSSR count). The van der Waals surface area contributed by atoms with Crippen LogP contribution >= 0.6 is 0 Å². The van der Waals surface area contributed by atoms with Crippen molar-refractivity contribution >= 4 is 5.91 Å². The SMILES string of the molecule is Cc1ccc(O[C@H](C)C(=O)N[C@@H]2CC(C)(C)Cc3nc(-c4ccncc4)ncc32)cc1C. The maximum absolute atomic E-state index is 13.0. The molecule has 0 spiro atoms. The highest BCUT2D eigenvalue weighted by molar-refractivity contribution is 5.81. The molecule has 0 saturated heterocycles. The summed E-state index contributed by atoms with van der Waals surface area (Å²) in [6, 6.07) is 9.53. The zero-order valence-corrected chi connectivity index (χ0v) is 19.3. The number of aryl methyl sites for hydroxylation is 2. The fourth-order valence-electron chi connectivity index (χ4n) is 4.15. The van der Waals surface area contributed by atoms with Crippen molar-refractivity contribution in [3.05, 3.63) is 71.3 Å². The molecule has 2 atom stereocenters. The smallest absolute Gasteiger partial charge is 0.261 e. The van der Waals surface area contributed by atoms with Gasteiger partial charge in [-0.3, -0.25) is 9.78 Å². The summed E-state index contributed by atoms with van der Waals surface area (Å²) in [5.41, 5.74) is 5.24. The second-order valence-corrected chi connectivity index (χ2v) is 9.44. The van der Waals surface area contributed by atoms with Crippen molar-refractivity contribution in [2.45, 2.75) is 59.6 Å². The lowest BCUT2D eigenvalue weighted by molar-refractivity contribution is -0.128. The molecular weight excluding hydrogens is 400 g/mol. The molecule has 0 radical (unpaired) electrons. The quantitative estimate of drug-likeness (QED) is 0.632. The molecular formula is C26H30N4O2. The van der Waals surface area contributed by atoms with Gasteiger partial charge >= 0.3 is 0 Å². The van der Waals surface area contributed by atoms with Gasteiger partial charge in [0.25, 0.3) is 5.91 Å². The molecule has 2 aromatic heterocycles. The van der Waals surface area contributed by atoms with Gasteiger partial charge in [-0.25, -0.2) is 9.97 Å². The topological polar surface area (TPSA) is 77.0 Å². The first kappa shape index (κ1) is 21.9. The molecule has 166 valence electrons. The third kappa shape index (κ3) is 4.79. The van der Waals surface area contributed by atoms with Gasteiger partial charge in [0.1, 0.15) is 5.75 Å². The summed E-state index contributed by atoms with van der Waals surface area (Å²) in [5, 5.41) is 3.18. The maximum Gasteiger partial charge on any atom is 0.261 e. The highest BCUT2D eigenvalue weighted by atomic mass is 16.5. The zero-order valence-electron chi connectivity index (χ0n) is 19.3. The van der Waals surface area contributed by atoms with Crippen molar-refractivity contribution in [1.82, 2.24) is 20.3 Å². The van der Waals surface area contributed by atoms with Gasteiger partial charge in [-0.15, -0.1) is 0 Å². The van der Waals surface area contributed by atoms with Crippen molar-refractivity contribution < 1.29 is 9.53 Å². The van der Waals surface area contributed by atoms with Gasteiger partial charge in [0.2, 0.25) is 0 Å². The molecule has 0 fully saturated rings. The van der Waals surface area contributed by atoms with E-state index in [0.29, 0.717) is 11.6 Å². The van der Waals surface area contributed by atoms with Gasteiger partial charge in [0.15, 0.2) is 11.9 Å². The van der Waals surface area contributed by atoms with Crippen molar-refractivity contribution in [1.29, 1.82) is 0 Å². The number of hydrogen-bond acceptors (Lipinski definition) is 5. The van der Waals surface area contributed by atoms with Crippen LogP contribution in [0.2, 0.25) is 0 Å². The highest BCUT2D eigenvalue weighted by Crippen LogP contribution is 2.40. The lowest BCUT2D eigenvalue weighted by Crippen LogP contribution is -2.42. The number of rotatable bonds is 5. The van der Waals surface area contributed by atoms with Crippen molar-refractivity contribution in [3.63, 3.8) is 0 Å². The van der Waals surface area contributed by atoms with Crippen molar-refractivity contribution in [2.75, 3.05) is 0 Å². The summed E-state index contributed by atoms with van der Waals surface area (Å²) >= 11 is 0. The number of ether oxygens (including phenoxy) is 1. The van der Waals surface area contributed by atoms with E-state index in [1.165, 1.54) is 5.56 Å². The number of amides is 1. The summed E-state index contributed by atoms with van der Waals surface area (Å²) in [7, 11) is 0. The summed E-state index contributed by atoms with van der Waals surface area (Å²) in [5.74, 6) is 1.24. The number of carbonyl (C=O) groups is 1. The largest absolute Gasteiger partial charge is 0.481 e. The standard InChI is InChI=1S/C26H30N4O2/c1-16-6-7-20(12-17(16)2)32-18(3)25(31)30-23-14-26(4,5)13-22-21(23)15-28-24(29-22)19-8-10-27-11-9-19/h6-12,15,18,23H,13-14H2,1-5H3,(H,30,31)/t18-,23-/m1/s1. The van der Waals surface area contributed by atoms with Crippen LogP contribution in [-0.4, -0.2) is 27.0 Å². The molecule has 0 bridgehead atoms. The minimum atomic E-state index is -0.609. The van der Waals surface area contributed by atoms with Crippen molar-refractivity contribution in [2.24, 2.45) is 5.41 Å². The van der Waals surface area contributed by atoms with Crippen LogP contribution in [0.1, 0.15) is 55.6 Å². The number of benzene rings is 1. The Bertz CT molecular complexity index is 1130. The van der Waals surface area contributed by atoms with E-state index in [1.54, 1.807) is 19.3 Å². The number of nitrogens with one attached hydrogen (secondary N) is 1. The third-order valence-corrected chi connectivity index (χ3v) is 6.09. The number of aromatic nitrogens is 3. The van der Waals surface area contributed by atoms with E-state index >= 15 is 0 Å². The Balaban J connectivity index is 1.53. The maximum atomic E-state index is 13.0. The Morgan fingerprint density at radius 1 is 1.16 bits per heavy atom.